The Morgan fingerprint density at radius 2 is 2.14 bits per heavy atom. The highest BCUT2D eigenvalue weighted by molar-refractivity contribution is 5.81. The van der Waals surface area contributed by atoms with E-state index in [1.807, 2.05) is 12.1 Å². The van der Waals surface area contributed by atoms with Gasteiger partial charge in [-0.25, -0.2) is 9.37 Å². The van der Waals surface area contributed by atoms with Gasteiger partial charge in [-0.1, -0.05) is 0 Å². The van der Waals surface area contributed by atoms with Crippen LogP contribution in [0.4, 0.5) is 4.39 Å². The van der Waals surface area contributed by atoms with Gasteiger partial charge in [0.2, 0.25) is 5.88 Å². The number of aliphatic imine (C=N–C) groups is 1. The van der Waals surface area contributed by atoms with Gasteiger partial charge in [0, 0.05) is 24.8 Å². The van der Waals surface area contributed by atoms with Gasteiger partial charge in [-0.05, 0) is 42.8 Å². The standard InChI is InChI=1S/C16H17FN4O/c1-11-9-19-16(21-11)20-10-12-6-7-18-15(8-12)22-14-4-2-13(17)3-5-14/h2-8,11H,9-10H2,1H3,(H2,19,20,21). The minimum atomic E-state index is -0.294. The third kappa shape index (κ3) is 3.72. The molecule has 2 heterocycles. The second-order valence-electron chi connectivity index (χ2n) is 5.15. The summed E-state index contributed by atoms with van der Waals surface area (Å²) in [7, 11) is 0. The third-order valence-corrected chi connectivity index (χ3v) is 3.20. The van der Waals surface area contributed by atoms with E-state index in [2.05, 4.69) is 27.5 Å². The fourth-order valence-electron chi connectivity index (χ4n) is 2.09. The van der Waals surface area contributed by atoms with Crippen molar-refractivity contribution >= 4 is 5.96 Å². The molecule has 0 bridgehead atoms. The van der Waals surface area contributed by atoms with Gasteiger partial charge in [0.1, 0.15) is 11.6 Å². The van der Waals surface area contributed by atoms with Crippen LogP contribution in [0.25, 0.3) is 0 Å². The number of ether oxygens (including phenoxy) is 1. The first-order valence-corrected chi connectivity index (χ1v) is 7.12. The van der Waals surface area contributed by atoms with E-state index in [0.29, 0.717) is 24.2 Å². The Bertz CT molecular complexity index is 672. The fourth-order valence-corrected chi connectivity index (χ4v) is 2.09. The van der Waals surface area contributed by atoms with E-state index in [9.17, 15) is 4.39 Å². The first-order valence-electron chi connectivity index (χ1n) is 7.12. The number of pyridine rings is 1. The third-order valence-electron chi connectivity index (χ3n) is 3.20. The van der Waals surface area contributed by atoms with Crippen LogP contribution in [0.1, 0.15) is 12.5 Å². The highest BCUT2D eigenvalue weighted by Gasteiger charge is 2.11. The maximum absolute atomic E-state index is 12.9. The predicted octanol–water partition coefficient (Wildman–Crippen LogP) is 2.45. The van der Waals surface area contributed by atoms with Crippen LogP contribution in [0.15, 0.2) is 47.6 Å². The molecule has 0 radical (unpaired) electrons. The fraction of sp³-hybridized carbons (Fsp3) is 0.250. The molecule has 0 spiro atoms. The molecule has 1 aliphatic heterocycles. The van der Waals surface area contributed by atoms with Crippen molar-refractivity contribution in [3.63, 3.8) is 0 Å². The largest absolute Gasteiger partial charge is 0.439 e. The quantitative estimate of drug-likeness (QED) is 0.910. The molecule has 0 saturated carbocycles. The van der Waals surface area contributed by atoms with Crippen molar-refractivity contribution < 1.29 is 9.13 Å². The van der Waals surface area contributed by atoms with Crippen LogP contribution in [-0.2, 0) is 6.54 Å². The molecule has 5 nitrogen and oxygen atoms in total. The molecule has 1 atom stereocenters. The van der Waals surface area contributed by atoms with E-state index in [4.69, 9.17) is 4.74 Å². The number of rotatable bonds is 4. The molecule has 0 fully saturated rings. The van der Waals surface area contributed by atoms with Crippen molar-refractivity contribution in [1.82, 2.24) is 15.6 Å². The topological polar surface area (TPSA) is 58.5 Å². The highest BCUT2D eigenvalue weighted by atomic mass is 19.1. The van der Waals surface area contributed by atoms with Crippen molar-refractivity contribution in [2.24, 2.45) is 4.99 Å². The molecule has 1 aliphatic rings. The van der Waals surface area contributed by atoms with Gasteiger partial charge in [0.05, 0.1) is 6.54 Å². The Morgan fingerprint density at radius 1 is 1.32 bits per heavy atom. The normalized spacial score (nSPS) is 16.8. The molecule has 1 unspecified atom stereocenters. The average Bonchev–Trinajstić information content (AvgIpc) is 2.94. The molecule has 6 heteroatoms. The van der Waals surface area contributed by atoms with E-state index in [0.717, 1.165) is 18.1 Å². The van der Waals surface area contributed by atoms with Gasteiger partial charge in [-0.15, -0.1) is 0 Å². The average molecular weight is 300 g/mol. The minimum Gasteiger partial charge on any atom is -0.439 e. The van der Waals surface area contributed by atoms with Gasteiger partial charge < -0.3 is 15.4 Å². The summed E-state index contributed by atoms with van der Waals surface area (Å²) in [6.07, 6.45) is 1.68. The zero-order valence-corrected chi connectivity index (χ0v) is 12.2. The van der Waals surface area contributed by atoms with Crippen LogP contribution >= 0.6 is 0 Å². The maximum atomic E-state index is 12.9. The Morgan fingerprint density at radius 3 is 2.86 bits per heavy atom. The van der Waals surface area contributed by atoms with Gasteiger partial charge in [-0.2, -0.15) is 0 Å². The minimum absolute atomic E-state index is 0.294. The molecule has 22 heavy (non-hydrogen) atoms. The van der Waals surface area contributed by atoms with Gasteiger partial charge in [-0.3, -0.25) is 4.99 Å². The lowest BCUT2D eigenvalue weighted by atomic mass is 10.2. The molecule has 114 valence electrons. The Labute approximate surface area is 128 Å². The summed E-state index contributed by atoms with van der Waals surface area (Å²) in [5.74, 6) is 1.54. The summed E-state index contributed by atoms with van der Waals surface area (Å²) in [6, 6.07) is 9.97. The van der Waals surface area contributed by atoms with Crippen molar-refractivity contribution in [3.8, 4) is 11.6 Å². The van der Waals surface area contributed by atoms with E-state index >= 15 is 0 Å². The van der Waals surface area contributed by atoms with E-state index in [1.54, 1.807) is 18.3 Å². The number of halogens is 1. The second kappa shape index (κ2) is 6.43. The number of hydrogen-bond donors (Lipinski definition) is 2. The van der Waals surface area contributed by atoms with Crippen LogP contribution in [-0.4, -0.2) is 23.5 Å². The summed E-state index contributed by atoms with van der Waals surface area (Å²) in [6.45, 7) is 3.50. The van der Waals surface area contributed by atoms with Crippen LogP contribution in [0.5, 0.6) is 11.6 Å². The SMILES string of the molecule is CC1CN=C(NCc2ccnc(Oc3ccc(F)cc3)c2)N1. The Balaban J connectivity index is 1.61. The highest BCUT2D eigenvalue weighted by Crippen LogP contribution is 2.20. The number of nitrogens with zero attached hydrogens (tertiary/aromatic N) is 2. The molecule has 0 saturated heterocycles. The predicted molar refractivity (Wildman–Crippen MR) is 82.5 cm³/mol. The lowest BCUT2D eigenvalue weighted by molar-refractivity contribution is 0.460. The second-order valence-corrected chi connectivity index (χ2v) is 5.15. The molecule has 0 aliphatic carbocycles. The first kappa shape index (κ1) is 14.3. The summed E-state index contributed by atoms with van der Waals surface area (Å²) >= 11 is 0. The number of nitrogens with one attached hydrogen (secondary N) is 2. The summed E-state index contributed by atoms with van der Waals surface area (Å²) in [4.78, 5) is 8.50. The van der Waals surface area contributed by atoms with Gasteiger partial charge in [0.15, 0.2) is 5.96 Å². The first-order chi connectivity index (χ1) is 10.7. The number of hydrogen-bond acceptors (Lipinski definition) is 5. The number of benzene rings is 1. The Hall–Kier alpha value is -2.63. The Kier molecular flexibility index (Phi) is 4.18. The van der Waals surface area contributed by atoms with Gasteiger partial charge >= 0.3 is 0 Å². The van der Waals surface area contributed by atoms with E-state index in [-0.39, 0.29) is 5.82 Å². The van der Waals surface area contributed by atoms with Gasteiger partial charge in [0.25, 0.3) is 0 Å². The van der Waals surface area contributed by atoms with Crippen molar-refractivity contribution in [2.75, 3.05) is 6.54 Å². The lowest BCUT2D eigenvalue weighted by Crippen LogP contribution is -2.37. The van der Waals surface area contributed by atoms with Crippen LogP contribution in [0, 0.1) is 5.82 Å². The monoisotopic (exact) mass is 300 g/mol. The summed E-state index contributed by atoms with van der Waals surface area (Å²) in [5, 5.41) is 6.47. The smallest absolute Gasteiger partial charge is 0.219 e. The molecule has 1 aromatic heterocycles. The zero-order valence-electron chi connectivity index (χ0n) is 12.2. The van der Waals surface area contributed by atoms with Crippen molar-refractivity contribution in [1.29, 1.82) is 0 Å². The summed E-state index contributed by atoms with van der Waals surface area (Å²) < 4.78 is 18.5. The number of aromatic nitrogens is 1. The van der Waals surface area contributed by atoms with Crippen LogP contribution < -0.4 is 15.4 Å². The lowest BCUT2D eigenvalue weighted by Gasteiger charge is -2.10. The molecule has 3 rings (SSSR count). The molecular weight excluding hydrogens is 283 g/mol. The molecule has 2 aromatic rings. The molecule has 2 N–H and O–H groups in total. The van der Waals surface area contributed by atoms with E-state index < -0.39 is 0 Å². The summed E-state index contributed by atoms with van der Waals surface area (Å²) in [5.41, 5.74) is 1.02. The maximum Gasteiger partial charge on any atom is 0.219 e. The molecular formula is C16H17FN4O. The van der Waals surface area contributed by atoms with E-state index in [1.165, 1.54) is 12.1 Å². The zero-order chi connectivity index (χ0) is 15.4. The van der Waals surface area contributed by atoms with Crippen molar-refractivity contribution in [3.05, 3.63) is 54.0 Å². The van der Waals surface area contributed by atoms with Crippen LogP contribution in [0.3, 0.4) is 0 Å². The van der Waals surface area contributed by atoms with Crippen molar-refractivity contribution in [2.45, 2.75) is 19.5 Å². The molecule has 1 aromatic carbocycles. The molecule has 0 amide bonds. The van der Waals surface area contributed by atoms with Crippen LogP contribution in [0.2, 0.25) is 0 Å². The number of guanidine groups is 1.